The van der Waals surface area contributed by atoms with Crippen molar-refractivity contribution < 1.29 is 18.0 Å². The van der Waals surface area contributed by atoms with Crippen LogP contribution in [-0.2, 0) is 6.18 Å². The van der Waals surface area contributed by atoms with Crippen LogP contribution in [0.1, 0.15) is 22.8 Å². The van der Waals surface area contributed by atoms with Gasteiger partial charge in [0.05, 0.1) is 5.56 Å². The van der Waals surface area contributed by atoms with Gasteiger partial charge in [-0.2, -0.15) is 13.2 Å². The van der Waals surface area contributed by atoms with E-state index in [4.69, 9.17) is 0 Å². The Morgan fingerprint density at radius 1 is 1.31 bits per heavy atom. The number of amides is 1. The Bertz CT molecular complexity index is 410. The van der Waals surface area contributed by atoms with E-state index in [9.17, 15) is 18.0 Å². The lowest BCUT2D eigenvalue weighted by molar-refractivity contribution is -0.137. The van der Waals surface area contributed by atoms with Crippen LogP contribution in [0.5, 0.6) is 0 Å². The van der Waals surface area contributed by atoms with Crippen molar-refractivity contribution in [3.8, 4) is 0 Å². The van der Waals surface area contributed by atoms with Gasteiger partial charge in [0.25, 0.3) is 5.91 Å². The van der Waals surface area contributed by atoms with E-state index < -0.39 is 11.7 Å². The predicted molar refractivity (Wildman–Crippen MR) is 51.9 cm³/mol. The molecule has 0 aromatic heterocycles. The van der Waals surface area contributed by atoms with Gasteiger partial charge in [0.15, 0.2) is 0 Å². The number of alkyl halides is 3. The number of rotatable bonds is 1. The summed E-state index contributed by atoms with van der Waals surface area (Å²) in [5, 5.41) is 0. The zero-order valence-electron chi connectivity index (χ0n) is 8.58. The van der Waals surface area contributed by atoms with Crippen molar-refractivity contribution in [2.24, 2.45) is 0 Å². The summed E-state index contributed by atoms with van der Waals surface area (Å²) in [7, 11) is 0. The van der Waals surface area contributed by atoms with E-state index in [0.717, 1.165) is 12.1 Å². The standard InChI is InChI=1S/C11H10F3NO/c1-7-6-15(7)10(16)8-2-4-9(5-3-8)11(12,13)14/h2-5,7H,6H2,1H3. The minimum atomic E-state index is -4.35. The second-order valence-electron chi connectivity index (χ2n) is 3.88. The average Bonchev–Trinajstić information content (AvgIpc) is 2.93. The molecule has 0 spiro atoms. The van der Waals surface area contributed by atoms with E-state index in [2.05, 4.69) is 0 Å². The van der Waals surface area contributed by atoms with Crippen molar-refractivity contribution in [3.05, 3.63) is 35.4 Å². The van der Waals surface area contributed by atoms with E-state index in [1.54, 1.807) is 4.90 Å². The van der Waals surface area contributed by atoms with Crippen molar-refractivity contribution in [2.75, 3.05) is 6.54 Å². The zero-order valence-corrected chi connectivity index (χ0v) is 8.58. The Balaban J connectivity index is 2.16. The van der Waals surface area contributed by atoms with E-state index in [0.29, 0.717) is 12.1 Å². The van der Waals surface area contributed by atoms with Gasteiger partial charge >= 0.3 is 6.18 Å². The molecule has 1 aliphatic rings. The fourth-order valence-electron chi connectivity index (χ4n) is 1.49. The third-order valence-corrected chi connectivity index (χ3v) is 2.58. The smallest absolute Gasteiger partial charge is 0.332 e. The summed E-state index contributed by atoms with van der Waals surface area (Å²) in [6.45, 7) is 2.57. The SMILES string of the molecule is CC1CN1C(=O)c1ccc(C(F)(F)F)cc1. The van der Waals surface area contributed by atoms with Gasteiger partial charge in [-0.25, -0.2) is 0 Å². The molecule has 0 radical (unpaired) electrons. The number of hydrogen-bond donors (Lipinski definition) is 0. The number of hydrogen-bond acceptors (Lipinski definition) is 1. The Labute approximate surface area is 90.7 Å². The summed E-state index contributed by atoms with van der Waals surface area (Å²) in [5.41, 5.74) is -0.430. The summed E-state index contributed by atoms with van der Waals surface area (Å²) in [4.78, 5) is 13.2. The van der Waals surface area contributed by atoms with Gasteiger partial charge < -0.3 is 4.90 Å². The number of benzene rings is 1. The molecule has 1 heterocycles. The van der Waals surface area contributed by atoms with Crippen molar-refractivity contribution in [2.45, 2.75) is 19.1 Å². The molecule has 1 atom stereocenters. The fraction of sp³-hybridized carbons (Fsp3) is 0.364. The maximum absolute atomic E-state index is 12.3. The monoisotopic (exact) mass is 229 g/mol. The van der Waals surface area contributed by atoms with Crippen LogP contribution in [0.15, 0.2) is 24.3 Å². The Morgan fingerprint density at radius 3 is 2.19 bits per heavy atom. The third-order valence-electron chi connectivity index (χ3n) is 2.58. The molecule has 16 heavy (non-hydrogen) atoms. The van der Waals surface area contributed by atoms with Gasteiger partial charge in [-0.05, 0) is 31.2 Å². The van der Waals surface area contributed by atoms with Gasteiger partial charge in [0, 0.05) is 18.2 Å². The molecule has 0 bridgehead atoms. The van der Waals surface area contributed by atoms with E-state index in [-0.39, 0.29) is 11.9 Å². The lowest BCUT2D eigenvalue weighted by Crippen LogP contribution is -2.13. The van der Waals surface area contributed by atoms with Crippen molar-refractivity contribution in [3.63, 3.8) is 0 Å². The molecule has 2 nitrogen and oxygen atoms in total. The topological polar surface area (TPSA) is 20.1 Å². The number of carbonyl (C=O) groups excluding carboxylic acids is 1. The summed E-state index contributed by atoms with van der Waals surface area (Å²) in [6, 6.07) is 4.50. The molecule has 1 aromatic carbocycles. The predicted octanol–water partition coefficient (Wildman–Crippen LogP) is 2.55. The van der Waals surface area contributed by atoms with Crippen molar-refractivity contribution >= 4 is 5.91 Å². The molecule has 1 amide bonds. The molecular weight excluding hydrogens is 219 g/mol. The minimum Gasteiger partial charge on any atom is -0.332 e. The molecule has 1 saturated heterocycles. The van der Waals surface area contributed by atoms with Crippen LogP contribution in [0.25, 0.3) is 0 Å². The first kappa shape index (κ1) is 11.0. The van der Waals surface area contributed by atoms with Gasteiger partial charge in [-0.3, -0.25) is 4.79 Å². The van der Waals surface area contributed by atoms with Crippen molar-refractivity contribution in [1.29, 1.82) is 0 Å². The van der Waals surface area contributed by atoms with Gasteiger partial charge in [-0.15, -0.1) is 0 Å². The molecule has 0 N–H and O–H groups in total. The Morgan fingerprint density at radius 2 is 1.81 bits per heavy atom. The summed E-state index contributed by atoms with van der Waals surface area (Å²) in [5.74, 6) is -0.207. The molecule has 1 aromatic rings. The summed E-state index contributed by atoms with van der Waals surface area (Å²) in [6.07, 6.45) is -4.35. The van der Waals surface area contributed by atoms with E-state index >= 15 is 0 Å². The van der Waals surface area contributed by atoms with Crippen LogP contribution in [0.4, 0.5) is 13.2 Å². The molecule has 1 unspecified atom stereocenters. The molecular formula is C11H10F3NO. The minimum absolute atomic E-state index is 0.204. The lowest BCUT2D eigenvalue weighted by atomic mass is 10.1. The quantitative estimate of drug-likeness (QED) is 0.677. The fourth-order valence-corrected chi connectivity index (χ4v) is 1.49. The first-order valence-corrected chi connectivity index (χ1v) is 4.88. The van der Waals surface area contributed by atoms with Crippen LogP contribution in [0, 0.1) is 0 Å². The largest absolute Gasteiger partial charge is 0.416 e. The number of carbonyl (C=O) groups is 1. The van der Waals surface area contributed by atoms with Crippen LogP contribution < -0.4 is 0 Å². The average molecular weight is 229 g/mol. The van der Waals surface area contributed by atoms with Crippen LogP contribution in [0.2, 0.25) is 0 Å². The molecule has 86 valence electrons. The highest BCUT2D eigenvalue weighted by atomic mass is 19.4. The first-order chi connectivity index (χ1) is 7.39. The second kappa shape index (κ2) is 3.50. The summed E-state index contributed by atoms with van der Waals surface area (Å²) < 4.78 is 36.8. The van der Waals surface area contributed by atoms with Gasteiger partial charge in [0.1, 0.15) is 0 Å². The Kier molecular flexibility index (Phi) is 2.40. The Hall–Kier alpha value is -1.52. The highest BCUT2D eigenvalue weighted by molar-refractivity contribution is 5.96. The molecule has 1 fully saturated rings. The molecule has 0 aliphatic carbocycles. The highest BCUT2D eigenvalue weighted by Gasteiger charge is 2.35. The van der Waals surface area contributed by atoms with Crippen LogP contribution in [-0.4, -0.2) is 23.4 Å². The maximum atomic E-state index is 12.3. The first-order valence-electron chi connectivity index (χ1n) is 4.88. The second-order valence-corrected chi connectivity index (χ2v) is 3.88. The molecule has 5 heteroatoms. The molecule has 2 rings (SSSR count). The molecule has 1 aliphatic heterocycles. The lowest BCUT2D eigenvalue weighted by Gasteiger charge is -2.07. The zero-order chi connectivity index (χ0) is 11.9. The van der Waals surface area contributed by atoms with E-state index in [1.165, 1.54) is 12.1 Å². The third kappa shape index (κ3) is 2.03. The highest BCUT2D eigenvalue weighted by Crippen LogP contribution is 2.29. The summed E-state index contributed by atoms with van der Waals surface area (Å²) >= 11 is 0. The van der Waals surface area contributed by atoms with Crippen molar-refractivity contribution in [1.82, 2.24) is 4.90 Å². The van der Waals surface area contributed by atoms with Crippen LogP contribution >= 0.6 is 0 Å². The van der Waals surface area contributed by atoms with Gasteiger partial charge in [0.2, 0.25) is 0 Å². The normalized spacial score (nSPS) is 19.8. The van der Waals surface area contributed by atoms with E-state index in [1.807, 2.05) is 6.92 Å². The van der Waals surface area contributed by atoms with Crippen LogP contribution in [0.3, 0.4) is 0 Å². The van der Waals surface area contributed by atoms with Gasteiger partial charge in [-0.1, -0.05) is 0 Å². The number of halogens is 3. The maximum Gasteiger partial charge on any atom is 0.416 e. The molecule has 0 saturated carbocycles. The number of nitrogens with zero attached hydrogens (tertiary/aromatic N) is 1.